The first-order valence-electron chi connectivity index (χ1n) is 9.91. The van der Waals surface area contributed by atoms with Crippen LogP contribution >= 0.6 is 0 Å². The standard InChI is InChI=1S/C22H28N4O/c1-12-10-13(2)18(14(3)11-12)19-20-21(27-26-19)22(25-16(5)24-20)23-15(4)6-7-17-8-9-17/h10-11,15,17H,6-9H2,1-5H3,(H,23,24,25). The Balaban J connectivity index is 1.72. The van der Waals surface area contributed by atoms with Crippen molar-refractivity contribution in [1.29, 1.82) is 0 Å². The molecule has 5 heteroatoms. The van der Waals surface area contributed by atoms with Gasteiger partial charge < -0.3 is 9.84 Å². The normalized spacial score (nSPS) is 15.3. The molecule has 0 amide bonds. The predicted octanol–water partition coefficient (Wildman–Crippen LogP) is 5.51. The van der Waals surface area contributed by atoms with Crippen LogP contribution in [-0.2, 0) is 0 Å². The maximum absolute atomic E-state index is 5.73. The number of hydrogen-bond donors (Lipinski definition) is 1. The molecule has 2 heterocycles. The molecule has 0 spiro atoms. The highest BCUT2D eigenvalue weighted by atomic mass is 16.5. The second-order valence-electron chi connectivity index (χ2n) is 8.17. The fourth-order valence-electron chi connectivity index (χ4n) is 3.96. The van der Waals surface area contributed by atoms with Crippen LogP contribution < -0.4 is 5.32 Å². The zero-order valence-electron chi connectivity index (χ0n) is 16.9. The highest BCUT2D eigenvalue weighted by Gasteiger charge is 2.23. The summed E-state index contributed by atoms with van der Waals surface area (Å²) in [4.78, 5) is 9.26. The highest BCUT2D eigenvalue weighted by Crippen LogP contribution is 2.36. The SMILES string of the molecule is Cc1cc(C)c(-c2noc3c(NC(C)CCC4CC4)nc(C)nc23)c(C)c1. The summed E-state index contributed by atoms with van der Waals surface area (Å²) >= 11 is 0. The van der Waals surface area contributed by atoms with Crippen molar-refractivity contribution in [2.24, 2.45) is 5.92 Å². The summed E-state index contributed by atoms with van der Waals surface area (Å²) in [6, 6.07) is 4.70. The van der Waals surface area contributed by atoms with Crippen LogP contribution in [0.15, 0.2) is 16.7 Å². The first-order valence-corrected chi connectivity index (χ1v) is 9.91. The van der Waals surface area contributed by atoms with Gasteiger partial charge in [0.25, 0.3) is 0 Å². The predicted molar refractivity (Wildman–Crippen MR) is 109 cm³/mol. The molecule has 0 aliphatic heterocycles. The third-order valence-electron chi connectivity index (χ3n) is 5.43. The second-order valence-corrected chi connectivity index (χ2v) is 8.17. The number of benzene rings is 1. The zero-order chi connectivity index (χ0) is 19.1. The Morgan fingerprint density at radius 2 is 1.81 bits per heavy atom. The number of aromatic nitrogens is 3. The Kier molecular flexibility index (Phi) is 4.62. The minimum absolute atomic E-state index is 0.347. The van der Waals surface area contributed by atoms with Crippen molar-refractivity contribution in [3.05, 3.63) is 34.6 Å². The van der Waals surface area contributed by atoms with Gasteiger partial charge in [0.2, 0.25) is 5.58 Å². The van der Waals surface area contributed by atoms with E-state index in [1.807, 2.05) is 6.92 Å². The zero-order valence-corrected chi connectivity index (χ0v) is 16.9. The van der Waals surface area contributed by atoms with Crippen LogP contribution in [0.3, 0.4) is 0 Å². The summed E-state index contributed by atoms with van der Waals surface area (Å²) in [5.74, 6) is 2.42. The van der Waals surface area contributed by atoms with Gasteiger partial charge in [0.05, 0.1) is 0 Å². The van der Waals surface area contributed by atoms with Crippen LogP contribution in [0, 0.1) is 33.6 Å². The lowest BCUT2D eigenvalue weighted by molar-refractivity contribution is 0.458. The molecular weight excluding hydrogens is 336 g/mol. The molecule has 0 radical (unpaired) electrons. The van der Waals surface area contributed by atoms with E-state index in [4.69, 9.17) is 4.52 Å². The second kappa shape index (κ2) is 6.95. The van der Waals surface area contributed by atoms with Crippen molar-refractivity contribution >= 4 is 16.9 Å². The molecule has 1 atom stereocenters. The van der Waals surface area contributed by atoms with Crippen LogP contribution in [-0.4, -0.2) is 21.2 Å². The molecule has 0 bridgehead atoms. The van der Waals surface area contributed by atoms with E-state index in [2.05, 4.69) is 60.3 Å². The van der Waals surface area contributed by atoms with Crippen molar-refractivity contribution in [3.63, 3.8) is 0 Å². The number of aryl methyl sites for hydroxylation is 4. The molecule has 27 heavy (non-hydrogen) atoms. The van der Waals surface area contributed by atoms with Crippen LogP contribution in [0.5, 0.6) is 0 Å². The van der Waals surface area contributed by atoms with Gasteiger partial charge in [0.15, 0.2) is 5.82 Å². The molecule has 5 nitrogen and oxygen atoms in total. The summed E-state index contributed by atoms with van der Waals surface area (Å²) in [7, 11) is 0. The molecule has 1 unspecified atom stereocenters. The Hall–Kier alpha value is -2.43. The Bertz CT molecular complexity index is 964. The molecule has 2 aromatic heterocycles. The van der Waals surface area contributed by atoms with Gasteiger partial charge in [-0.25, -0.2) is 9.97 Å². The van der Waals surface area contributed by atoms with Gasteiger partial charge in [0.1, 0.15) is 17.0 Å². The summed E-state index contributed by atoms with van der Waals surface area (Å²) in [6.07, 6.45) is 5.21. The summed E-state index contributed by atoms with van der Waals surface area (Å²) in [6.45, 7) is 10.5. The fourth-order valence-corrected chi connectivity index (χ4v) is 3.96. The Labute approximate surface area is 160 Å². The van der Waals surface area contributed by atoms with Crippen molar-refractivity contribution in [2.75, 3.05) is 5.32 Å². The number of nitrogens with zero attached hydrogens (tertiary/aromatic N) is 3. The third kappa shape index (κ3) is 3.68. The molecule has 1 N–H and O–H groups in total. The molecule has 1 saturated carbocycles. The molecule has 1 aromatic carbocycles. The van der Waals surface area contributed by atoms with Crippen molar-refractivity contribution in [3.8, 4) is 11.3 Å². The third-order valence-corrected chi connectivity index (χ3v) is 5.43. The first-order chi connectivity index (χ1) is 12.9. The van der Waals surface area contributed by atoms with Crippen molar-refractivity contribution < 1.29 is 4.52 Å². The number of rotatable bonds is 6. The van der Waals surface area contributed by atoms with E-state index in [-0.39, 0.29) is 0 Å². The number of hydrogen-bond acceptors (Lipinski definition) is 5. The monoisotopic (exact) mass is 364 g/mol. The average molecular weight is 364 g/mol. The van der Waals surface area contributed by atoms with Crippen LogP contribution in [0.1, 0.15) is 55.1 Å². The quantitative estimate of drug-likeness (QED) is 0.625. The van der Waals surface area contributed by atoms with E-state index < -0.39 is 0 Å². The van der Waals surface area contributed by atoms with E-state index in [0.717, 1.165) is 40.8 Å². The lowest BCUT2D eigenvalue weighted by Gasteiger charge is -2.14. The van der Waals surface area contributed by atoms with Crippen molar-refractivity contribution in [1.82, 2.24) is 15.1 Å². The van der Waals surface area contributed by atoms with E-state index in [1.165, 1.54) is 36.0 Å². The average Bonchev–Trinajstić information content (AvgIpc) is 3.33. The van der Waals surface area contributed by atoms with Gasteiger partial charge >= 0.3 is 0 Å². The van der Waals surface area contributed by atoms with Crippen LogP contribution in [0.4, 0.5) is 5.82 Å². The van der Waals surface area contributed by atoms with Gasteiger partial charge in [-0.15, -0.1) is 0 Å². The molecule has 4 rings (SSSR count). The molecule has 1 aliphatic carbocycles. The molecule has 0 saturated heterocycles. The van der Waals surface area contributed by atoms with E-state index in [1.54, 1.807) is 0 Å². The van der Waals surface area contributed by atoms with Gasteiger partial charge in [-0.2, -0.15) is 0 Å². The van der Waals surface area contributed by atoms with Gasteiger partial charge in [-0.3, -0.25) is 0 Å². The molecule has 3 aromatic rings. The lowest BCUT2D eigenvalue weighted by Crippen LogP contribution is -2.16. The molecule has 142 valence electrons. The van der Waals surface area contributed by atoms with Crippen LogP contribution in [0.2, 0.25) is 0 Å². The maximum Gasteiger partial charge on any atom is 0.228 e. The fraction of sp³-hybridized carbons (Fsp3) is 0.500. The van der Waals surface area contributed by atoms with E-state index >= 15 is 0 Å². The largest absolute Gasteiger partial charge is 0.364 e. The molecule has 1 fully saturated rings. The maximum atomic E-state index is 5.73. The summed E-state index contributed by atoms with van der Waals surface area (Å²) in [5.41, 5.74) is 6.96. The number of nitrogens with one attached hydrogen (secondary N) is 1. The van der Waals surface area contributed by atoms with Crippen LogP contribution in [0.25, 0.3) is 22.4 Å². The molecular formula is C22H28N4O. The summed E-state index contributed by atoms with van der Waals surface area (Å²) < 4.78 is 5.73. The van der Waals surface area contributed by atoms with Crippen molar-refractivity contribution in [2.45, 2.75) is 66.3 Å². The van der Waals surface area contributed by atoms with Gasteiger partial charge in [0, 0.05) is 11.6 Å². The van der Waals surface area contributed by atoms with Gasteiger partial charge in [-0.1, -0.05) is 35.7 Å². The first kappa shape index (κ1) is 18.0. The smallest absolute Gasteiger partial charge is 0.228 e. The lowest BCUT2D eigenvalue weighted by atomic mass is 9.97. The van der Waals surface area contributed by atoms with E-state index in [0.29, 0.717) is 11.6 Å². The van der Waals surface area contributed by atoms with Gasteiger partial charge in [-0.05, 0) is 64.5 Å². The van der Waals surface area contributed by atoms with E-state index in [9.17, 15) is 0 Å². The topological polar surface area (TPSA) is 63.8 Å². The number of fused-ring (bicyclic) bond motifs is 1. The Morgan fingerprint density at radius 1 is 1.11 bits per heavy atom. The minimum atomic E-state index is 0.347. The highest BCUT2D eigenvalue weighted by molar-refractivity contribution is 5.95. The minimum Gasteiger partial charge on any atom is -0.364 e. The Morgan fingerprint density at radius 3 is 2.48 bits per heavy atom. The number of anilines is 1. The molecule has 1 aliphatic rings. The summed E-state index contributed by atoms with van der Waals surface area (Å²) in [5, 5.41) is 7.92.